The number of hydrogen-bond acceptors (Lipinski definition) is 8. The fraction of sp³-hybridized carbons (Fsp3) is 0.0952. The molecule has 0 atom stereocenters. The summed E-state index contributed by atoms with van der Waals surface area (Å²) in [5, 5.41) is 22.9. The Balaban J connectivity index is 1.57. The second kappa shape index (κ2) is 9.89. The van der Waals surface area contributed by atoms with E-state index in [2.05, 4.69) is 15.3 Å². The van der Waals surface area contributed by atoms with Crippen LogP contribution in [0.3, 0.4) is 0 Å². The van der Waals surface area contributed by atoms with Crippen LogP contribution in [0.15, 0.2) is 53.3 Å². The Morgan fingerprint density at radius 3 is 2.62 bits per heavy atom. The van der Waals surface area contributed by atoms with Crippen LogP contribution < -0.4 is 20.3 Å². The maximum atomic E-state index is 12.0. The van der Waals surface area contributed by atoms with E-state index in [4.69, 9.17) is 9.47 Å². The third kappa shape index (κ3) is 5.69. The first-order chi connectivity index (χ1) is 15.4. The number of amides is 1. The number of aromatic hydroxyl groups is 1. The average molecular weight is 438 g/mol. The van der Waals surface area contributed by atoms with Gasteiger partial charge in [0.2, 0.25) is 0 Å². The summed E-state index contributed by atoms with van der Waals surface area (Å²) in [6.45, 7) is -0.195. The van der Waals surface area contributed by atoms with Crippen LogP contribution >= 0.6 is 0 Å². The molecule has 3 N–H and O–H groups in total. The molecule has 0 bridgehead atoms. The van der Waals surface area contributed by atoms with Crippen LogP contribution in [-0.2, 0) is 4.79 Å². The van der Waals surface area contributed by atoms with Gasteiger partial charge in [-0.3, -0.25) is 19.7 Å². The van der Waals surface area contributed by atoms with Crippen LogP contribution in [-0.4, -0.2) is 39.6 Å². The third-order valence-corrected chi connectivity index (χ3v) is 4.11. The van der Waals surface area contributed by atoms with E-state index in [9.17, 15) is 24.8 Å². The highest BCUT2D eigenvalue weighted by Gasteiger charge is 2.21. The summed E-state index contributed by atoms with van der Waals surface area (Å²) < 4.78 is 10.6. The van der Waals surface area contributed by atoms with Gasteiger partial charge < -0.3 is 24.9 Å². The zero-order valence-corrected chi connectivity index (χ0v) is 16.8. The van der Waals surface area contributed by atoms with Gasteiger partial charge in [-0.25, -0.2) is 0 Å². The van der Waals surface area contributed by atoms with Crippen molar-refractivity contribution >= 4 is 29.4 Å². The lowest BCUT2D eigenvalue weighted by Gasteiger charge is -2.08. The normalized spacial score (nSPS) is 10.7. The molecule has 0 aliphatic carbocycles. The molecule has 2 aromatic carbocycles. The minimum atomic E-state index is -1.06. The number of aromatic amines is 1. The molecule has 0 aliphatic heterocycles. The molecule has 11 heteroatoms. The SMILES string of the molecule is COc1cccc(NC(=O)COc2ccc(/C=C/c3nc(O)c([N+](=O)[O-])c(=O)[nH]3)cc2)c1. The van der Waals surface area contributed by atoms with Crippen LogP contribution in [0.4, 0.5) is 11.4 Å². The van der Waals surface area contributed by atoms with Gasteiger partial charge in [0.05, 0.1) is 12.0 Å². The predicted octanol–water partition coefficient (Wildman–Crippen LogP) is 2.58. The van der Waals surface area contributed by atoms with Gasteiger partial charge in [-0.15, -0.1) is 0 Å². The van der Waals surface area contributed by atoms with Gasteiger partial charge in [0.15, 0.2) is 6.61 Å². The van der Waals surface area contributed by atoms with E-state index in [0.717, 1.165) is 0 Å². The molecule has 3 rings (SSSR count). The van der Waals surface area contributed by atoms with E-state index in [-0.39, 0.29) is 18.3 Å². The molecule has 3 aromatic rings. The second-order valence-corrected chi connectivity index (χ2v) is 6.35. The number of H-pyrrole nitrogens is 1. The first kappa shape index (κ1) is 22.0. The molecule has 0 fully saturated rings. The molecule has 0 aliphatic rings. The van der Waals surface area contributed by atoms with Gasteiger partial charge in [-0.2, -0.15) is 4.98 Å². The molecule has 11 nitrogen and oxygen atoms in total. The highest BCUT2D eigenvalue weighted by atomic mass is 16.6. The van der Waals surface area contributed by atoms with E-state index in [1.54, 1.807) is 54.6 Å². The molecule has 0 radical (unpaired) electrons. The quantitative estimate of drug-likeness (QED) is 0.358. The fourth-order valence-electron chi connectivity index (χ4n) is 2.61. The number of nitro groups is 1. The number of rotatable bonds is 8. The third-order valence-electron chi connectivity index (χ3n) is 4.11. The van der Waals surface area contributed by atoms with Crippen molar-refractivity contribution in [1.82, 2.24) is 9.97 Å². The van der Waals surface area contributed by atoms with Gasteiger partial charge >= 0.3 is 11.2 Å². The van der Waals surface area contributed by atoms with Crippen molar-refractivity contribution in [2.24, 2.45) is 0 Å². The molecule has 1 aromatic heterocycles. The number of benzene rings is 2. The Morgan fingerprint density at radius 1 is 1.22 bits per heavy atom. The zero-order chi connectivity index (χ0) is 23.1. The smallest absolute Gasteiger partial charge is 0.395 e. The van der Waals surface area contributed by atoms with Crippen LogP contribution in [0.2, 0.25) is 0 Å². The van der Waals surface area contributed by atoms with Crippen molar-refractivity contribution in [2.45, 2.75) is 0 Å². The van der Waals surface area contributed by atoms with Crippen molar-refractivity contribution in [1.29, 1.82) is 0 Å². The van der Waals surface area contributed by atoms with Crippen molar-refractivity contribution in [3.8, 4) is 17.4 Å². The van der Waals surface area contributed by atoms with Gasteiger partial charge in [-0.1, -0.05) is 24.3 Å². The lowest BCUT2D eigenvalue weighted by molar-refractivity contribution is -0.387. The number of anilines is 1. The van der Waals surface area contributed by atoms with Crippen molar-refractivity contribution in [2.75, 3.05) is 19.0 Å². The Bertz CT molecular complexity index is 1220. The lowest BCUT2D eigenvalue weighted by atomic mass is 10.2. The monoisotopic (exact) mass is 438 g/mol. The summed E-state index contributed by atoms with van der Waals surface area (Å²) in [5.74, 6) is -0.268. The largest absolute Gasteiger partial charge is 0.497 e. The van der Waals surface area contributed by atoms with Crippen LogP contribution in [0.5, 0.6) is 17.4 Å². The topological polar surface area (TPSA) is 157 Å². The van der Waals surface area contributed by atoms with E-state index < -0.39 is 22.0 Å². The minimum Gasteiger partial charge on any atom is -0.497 e. The molecular weight excluding hydrogens is 420 g/mol. The van der Waals surface area contributed by atoms with Crippen LogP contribution in [0, 0.1) is 10.1 Å². The number of methoxy groups -OCH3 is 1. The summed E-state index contributed by atoms with van der Waals surface area (Å²) in [4.78, 5) is 39.2. The number of nitrogens with zero attached hydrogens (tertiary/aromatic N) is 2. The maximum Gasteiger partial charge on any atom is 0.395 e. The molecule has 32 heavy (non-hydrogen) atoms. The summed E-state index contributed by atoms with van der Waals surface area (Å²) >= 11 is 0. The zero-order valence-electron chi connectivity index (χ0n) is 16.8. The van der Waals surface area contributed by atoms with Crippen LogP contribution in [0.25, 0.3) is 12.2 Å². The van der Waals surface area contributed by atoms with E-state index in [1.807, 2.05) is 0 Å². The molecule has 0 saturated heterocycles. The Morgan fingerprint density at radius 2 is 1.97 bits per heavy atom. The van der Waals surface area contributed by atoms with Crippen molar-refractivity contribution < 1.29 is 24.3 Å². The number of aromatic nitrogens is 2. The fourth-order valence-corrected chi connectivity index (χ4v) is 2.61. The van der Waals surface area contributed by atoms with E-state index >= 15 is 0 Å². The summed E-state index contributed by atoms with van der Waals surface area (Å²) in [6, 6.07) is 13.6. The Hall–Kier alpha value is -4.67. The first-order valence-electron chi connectivity index (χ1n) is 9.18. The highest BCUT2D eigenvalue weighted by Crippen LogP contribution is 2.19. The molecular formula is C21H18N4O7. The van der Waals surface area contributed by atoms with Gasteiger partial charge in [0.25, 0.3) is 11.8 Å². The number of nitrogens with one attached hydrogen (secondary N) is 2. The molecule has 0 saturated carbocycles. The number of carbonyl (C=O) groups is 1. The molecule has 164 valence electrons. The van der Waals surface area contributed by atoms with Gasteiger partial charge in [0, 0.05) is 11.8 Å². The van der Waals surface area contributed by atoms with Gasteiger partial charge in [0.1, 0.15) is 17.3 Å². The molecule has 1 amide bonds. The Labute approximate surface area is 181 Å². The second-order valence-electron chi connectivity index (χ2n) is 6.35. The standard InChI is InChI=1S/C21H18N4O7/c1-31-16-4-2-3-14(11-16)22-18(26)12-32-15-8-5-13(6-9-15)7-10-17-23-20(27)19(25(29)30)21(28)24-17/h2-11H,12H2,1H3,(H,22,26)(H2,23,24,27,28)/b10-7+. The summed E-state index contributed by atoms with van der Waals surface area (Å²) in [6.07, 6.45) is 2.95. The number of ether oxygens (including phenoxy) is 2. The average Bonchev–Trinajstić information content (AvgIpc) is 2.76. The lowest BCUT2D eigenvalue weighted by Crippen LogP contribution is -2.20. The molecule has 0 spiro atoms. The Kier molecular flexibility index (Phi) is 6.81. The summed E-state index contributed by atoms with van der Waals surface area (Å²) in [5.41, 5.74) is -0.793. The van der Waals surface area contributed by atoms with Crippen molar-refractivity contribution in [3.05, 3.63) is 80.4 Å². The number of carbonyl (C=O) groups excluding carboxylic acids is 1. The maximum absolute atomic E-state index is 12.0. The first-order valence-corrected chi connectivity index (χ1v) is 9.18. The van der Waals surface area contributed by atoms with Crippen molar-refractivity contribution in [3.63, 3.8) is 0 Å². The van der Waals surface area contributed by atoms with Crippen LogP contribution in [0.1, 0.15) is 11.4 Å². The minimum absolute atomic E-state index is 0.0485. The molecule has 1 heterocycles. The number of hydrogen-bond donors (Lipinski definition) is 3. The van der Waals surface area contributed by atoms with E-state index in [1.165, 1.54) is 13.2 Å². The molecule has 0 unspecified atom stereocenters. The summed E-state index contributed by atoms with van der Waals surface area (Å²) in [7, 11) is 1.54. The van der Waals surface area contributed by atoms with E-state index in [0.29, 0.717) is 22.7 Å². The highest BCUT2D eigenvalue weighted by molar-refractivity contribution is 5.92. The van der Waals surface area contributed by atoms with Gasteiger partial charge in [-0.05, 0) is 35.9 Å². The predicted molar refractivity (Wildman–Crippen MR) is 116 cm³/mol.